The summed E-state index contributed by atoms with van der Waals surface area (Å²) in [5, 5.41) is 3.76. The highest BCUT2D eigenvalue weighted by molar-refractivity contribution is 6.30. The van der Waals surface area contributed by atoms with Crippen molar-refractivity contribution in [1.29, 1.82) is 0 Å². The molecule has 3 saturated heterocycles. The van der Waals surface area contributed by atoms with Gasteiger partial charge in [0.2, 0.25) is 0 Å². The average molecular weight is 295 g/mol. The first-order valence-corrected chi connectivity index (χ1v) is 7.62. The highest BCUT2D eigenvalue weighted by Gasteiger charge is 2.39. The molecule has 4 rings (SSSR count). The summed E-state index contributed by atoms with van der Waals surface area (Å²) < 4.78 is 0.975. The second-order valence-electron chi connectivity index (χ2n) is 5.92. The summed E-state index contributed by atoms with van der Waals surface area (Å²) in [7, 11) is 0. The van der Waals surface area contributed by atoms with Gasteiger partial charge < -0.3 is 9.80 Å². The van der Waals surface area contributed by atoms with Gasteiger partial charge in [-0.15, -0.1) is 0 Å². The van der Waals surface area contributed by atoms with Gasteiger partial charge in [0.15, 0.2) is 6.54 Å². The number of piperazine rings is 3. The molecule has 0 unspecified atom stereocenters. The molecule has 0 aliphatic carbocycles. The summed E-state index contributed by atoms with van der Waals surface area (Å²) >= 11 is 5.85. The van der Waals surface area contributed by atoms with Crippen LogP contribution >= 0.6 is 11.6 Å². The largest absolute Gasteiger partial charge is 0.347 e. The maximum absolute atomic E-state index is 12.2. The zero-order valence-corrected chi connectivity index (χ0v) is 12.4. The van der Waals surface area contributed by atoms with Gasteiger partial charge in [-0.1, -0.05) is 23.7 Å². The van der Waals surface area contributed by atoms with Crippen molar-refractivity contribution in [3.05, 3.63) is 34.9 Å². The molecule has 0 radical (unpaired) electrons. The van der Waals surface area contributed by atoms with Crippen LogP contribution < -0.4 is 5.32 Å². The summed E-state index contributed by atoms with van der Waals surface area (Å²) in [6, 6.07) is 7.62. The van der Waals surface area contributed by atoms with E-state index in [0.717, 1.165) is 54.3 Å². The van der Waals surface area contributed by atoms with Gasteiger partial charge in [-0.3, -0.25) is 9.69 Å². The van der Waals surface area contributed by atoms with Crippen molar-refractivity contribution in [2.45, 2.75) is 6.54 Å². The molecule has 1 N–H and O–H groups in total. The second kappa shape index (κ2) is 5.72. The van der Waals surface area contributed by atoms with Gasteiger partial charge in [0.25, 0.3) is 5.91 Å². The molecule has 2 bridgehead atoms. The van der Waals surface area contributed by atoms with Crippen LogP contribution in [-0.2, 0) is 11.3 Å². The van der Waals surface area contributed by atoms with Crippen molar-refractivity contribution in [1.82, 2.24) is 10.2 Å². The lowest BCUT2D eigenvalue weighted by atomic mass is 10.1. The lowest BCUT2D eigenvalue weighted by molar-refractivity contribution is -0.933. The topological polar surface area (TPSA) is 32.3 Å². The number of hydrogen-bond donors (Lipinski definition) is 1. The first-order chi connectivity index (χ1) is 9.65. The summed E-state index contributed by atoms with van der Waals surface area (Å²) in [6.45, 7) is 8.00. The first-order valence-electron chi connectivity index (χ1n) is 7.24. The number of benzene rings is 1. The molecule has 108 valence electrons. The fraction of sp³-hybridized carbons (Fsp3) is 0.533. The van der Waals surface area contributed by atoms with E-state index in [4.69, 9.17) is 11.6 Å². The van der Waals surface area contributed by atoms with Gasteiger partial charge in [-0.25, -0.2) is 0 Å². The molecule has 5 heteroatoms. The van der Waals surface area contributed by atoms with E-state index < -0.39 is 0 Å². The minimum absolute atomic E-state index is 0.162. The molecule has 0 saturated carbocycles. The van der Waals surface area contributed by atoms with Crippen LogP contribution in [0.3, 0.4) is 0 Å². The fourth-order valence-corrected chi connectivity index (χ4v) is 3.26. The quantitative estimate of drug-likeness (QED) is 0.844. The third kappa shape index (κ3) is 3.14. The lowest BCUT2D eigenvalue weighted by Gasteiger charge is -2.50. The predicted octanol–water partition coefficient (Wildman–Crippen LogP) is 1.10. The number of hydrogen-bond acceptors (Lipinski definition) is 2. The fourth-order valence-electron chi connectivity index (χ4n) is 3.13. The molecular formula is C15H21ClN3O+. The number of carbonyl (C=O) groups excluding carboxylic acids is 1. The normalized spacial score (nSPS) is 28.4. The predicted molar refractivity (Wildman–Crippen MR) is 79.5 cm³/mol. The van der Waals surface area contributed by atoms with Crippen LogP contribution in [0, 0.1) is 0 Å². The molecule has 1 aromatic carbocycles. The Morgan fingerprint density at radius 2 is 1.75 bits per heavy atom. The van der Waals surface area contributed by atoms with Crippen LogP contribution in [0.2, 0.25) is 5.02 Å². The SMILES string of the molecule is O=C(C[N+]12CCN(CC1)CC2)NCc1ccc(Cl)cc1. The number of rotatable bonds is 4. The lowest BCUT2D eigenvalue weighted by Crippen LogP contribution is -2.69. The van der Waals surface area contributed by atoms with E-state index in [2.05, 4.69) is 10.2 Å². The molecule has 3 aliphatic rings. The molecular weight excluding hydrogens is 274 g/mol. The monoisotopic (exact) mass is 294 g/mol. The Hall–Kier alpha value is -1.10. The number of quaternary nitrogens is 1. The van der Waals surface area contributed by atoms with Gasteiger partial charge in [-0.05, 0) is 17.7 Å². The minimum Gasteiger partial charge on any atom is -0.347 e. The molecule has 20 heavy (non-hydrogen) atoms. The van der Waals surface area contributed by atoms with Crippen molar-refractivity contribution in [2.24, 2.45) is 0 Å². The van der Waals surface area contributed by atoms with Crippen molar-refractivity contribution < 1.29 is 9.28 Å². The standard InChI is InChI=1S/C15H20ClN3O/c16-14-3-1-13(2-4-14)11-17-15(20)12-19-8-5-18(6-9-19)7-10-19/h1-4H,5-12H2/p+1. The Kier molecular flexibility index (Phi) is 3.96. The van der Waals surface area contributed by atoms with Crippen LogP contribution in [0.25, 0.3) is 0 Å². The smallest absolute Gasteiger partial charge is 0.275 e. The number of nitrogens with one attached hydrogen (secondary N) is 1. The number of carbonyl (C=O) groups is 1. The van der Waals surface area contributed by atoms with E-state index in [0.29, 0.717) is 13.1 Å². The van der Waals surface area contributed by atoms with Crippen LogP contribution in [0.15, 0.2) is 24.3 Å². The van der Waals surface area contributed by atoms with Crippen molar-refractivity contribution in [3.8, 4) is 0 Å². The van der Waals surface area contributed by atoms with Gasteiger partial charge in [-0.2, -0.15) is 0 Å². The van der Waals surface area contributed by atoms with Crippen molar-refractivity contribution in [3.63, 3.8) is 0 Å². The summed E-state index contributed by atoms with van der Waals surface area (Å²) in [4.78, 5) is 14.7. The molecule has 3 aliphatic heterocycles. The molecule has 1 aromatic rings. The van der Waals surface area contributed by atoms with Gasteiger partial charge in [0.05, 0.1) is 19.6 Å². The van der Waals surface area contributed by atoms with Gasteiger partial charge >= 0.3 is 0 Å². The van der Waals surface area contributed by atoms with Gasteiger partial charge in [0.1, 0.15) is 0 Å². The minimum atomic E-state index is 0.162. The maximum Gasteiger partial charge on any atom is 0.275 e. The summed E-state index contributed by atoms with van der Waals surface area (Å²) in [5.74, 6) is 0.162. The van der Waals surface area contributed by atoms with E-state index in [1.54, 1.807) is 0 Å². The zero-order chi connectivity index (χ0) is 14.0. The molecule has 0 atom stereocenters. The van der Waals surface area contributed by atoms with E-state index in [9.17, 15) is 4.79 Å². The third-order valence-corrected chi connectivity index (χ3v) is 4.81. The number of amides is 1. The van der Waals surface area contributed by atoms with Crippen molar-refractivity contribution >= 4 is 17.5 Å². The van der Waals surface area contributed by atoms with Crippen molar-refractivity contribution in [2.75, 3.05) is 45.8 Å². The molecule has 1 amide bonds. The maximum atomic E-state index is 12.2. The average Bonchev–Trinajstić information content (AvgIpc) is 2.48. The molecule has 0 aromatic heterocycles. The first kappa shape index (κ1) is 13.9. The van der Waals surface area contributed by atoms with Crippen LogP contribution in [0.5, 0.6) is 0 Å². The second-order valence-corrected chi connectivity index (χ2v) is 6.35. The summed E-state index contributed by atoms with van der Waals surface area (Å²) in [5.41, 5.74) is 1.09. The molecule has 3 fully saturated rings. The van der Waals surface area contributed by atoms with Crippen LogP contribution in [-0.4, -0.2) is 61.1 Å². The number of fused-ring (bicyclic) bond motifs is 3. The van der Waals surface area contributed by atoms with E-state index in [1.165, 1.54) is 0 Å². The van der Waals surface area contributed by atoms with Crippen LogP contribution in [0.1, 0.15) is 5.56 Å². The Morgan fingerprint density at radius 1 is 1.15 bits per heavy atom. The number of halogens is 1. The molecule has 0 spiro atoms. The Bertz CT molecular complexity index is 467. The highest BCUT2D eigenvalue weighted by atomic mass is 35.5. The zero-order valence-electron chi connectivity index (χ0n) is 11.6. The number of nitrogens with zero attached hydrogens (tertiary/aromatic N) is 2. The van der Waals surface area contributed by atoms with Crippen LogP contribution in [0.4, 0.5) is 0 Å². The third-order valence-electron chi connectivity index (χ3n) is 4.55. The molecule has 4 nitrogen and oxygen atoms in total. The highest BCUT2D eigenvalue weighted by Crippen LogP contribution is 2.18. The summed E-state index contributed by atoms with van der Waals surface area (Å²) in [6.07, 6.45) is 0. The molecule has 3 heterocycles. The van der Waals surface area contributed by atoms with E-state index in [-0.39, 0.29) is 5.91 Å². The Morgan fingerprint density at radius 3 is 2.35 bits per heavy atom. The Labute approximate surface area is 124 Å². The van der Waals surface area contributed by atoms with E-state index in [1.807, 2.05) is 24.3 Å². The Balaban J connectivity index is 1.51. The van der Waals surface area contributed by atoms with Gasteiger partial charge in [0, 0.05) is 31.2 Å². The van der Waals surface area contributed by atoms with E-state index >= 15 is 0 Å².